The first-order chi connectivity index (χ1) is 19.0. The van der Waals surface area contributed by atoms with Gasteiger partial charge in [0.15, 0.2) is 0 Å². The van der Waals surface area contributed by atoms with E-state index in [0.29, 0.717) is 23.7 Å². The predicted octanol–water partition coefficient (Wildman–Crippen LogP) is 5.28. The highest BCUT2D eigenvalue weighted by atomic mass is 35.5. The molecule has 3 aromatic carbocycles. The third kappa shape index (κ3) is 8.83. The van der Waals surface area contributed by atoms with Crippen LogP contribution in [0.4, 0.5) is 5.69 Å². The van der Waals surface area contributed by atoms with Crippen molar-refractivity contribution in [2.24, 2.45) is 0 Å². The summed E-state index contributed by atoms with van der Waals surface area (Å²) in [5.41, 5.74) is 4.21. The van der Waals surface area contributed by atoms with Crippen LogP contribution in [0.3, 0.4) is 0 Å². The van der Waals surface area contributed by atoms with Gasteiger partial charge in [-0.2, -0.15) is 0 Å². The van der Waals surface area contributed by atoms with Crippen LogP contribution >= 0.6 is 11.6 Å². The van der Waals surface area contributed by atoms with Gasteiger partial charge in [-0.3, -0.25) is 13.9 Å². The van der Waals surface area contributed by atoms with E-state index < -0.39 is 16.1 Å². The van der Waals surface area contributed by atoms with E-state index in [1.54, 1.807) is 23.1 Å². The Labute approximate surface area is 243 Å². The summed E-state index contributed by atoms with van der Waals surface area (Å²) < 4.78 is 26.7. The van der Waals surface area contributed by atoms with Gasteiger partial charge in [-0.05, 0) is 56.0 Å². The van der Waals surface area contributed by atoms with Crippen LogP contribution in [0.2, 0.25) is 5.02 Å². The Kier molecular flexibility index (Phi) is 11.2. The van der Waals surface area contributed by atoms with Crippen molar-refractivity contribution in [2.75, 3.05) is 23.7 Å². The zero-order chi connectivity index (χ0) is 29.3. The highest BCUT2D eigenvalue weighted by Crippen LogP contribution is 2.27. The number of rotatable bonds is 13. The molecule has 2 amide bonds. The SMILES string of the molecule is CCNC(=O)[C@H](Cc1ccccc1)N(Cc1ccc(C)cc1)C(=O)CCCN(c1cc(Cl)ccc1C)S(C)(=O)=O. The number of anilines is 1. The van der Waals surface area contributed by atoms with E-state index >= 15 is 0 Å². The van der Waals surface area contributed by atoms with E-state index in [1.807, 2.05) is 75.4 Å². The van der Waals surface area contributed by atoms with Gasteiger partial charge >= 0.3 is 0 Å². The number of likely N-dealkylation sites (N-methyl/N-ethyl adjacent to an activating group) is 1. The summed E-state index contributed by atoms with van der Waals surface area (Å²) in [6.07, 6.45) is 1.85. The minimum Gasteiger partial charge on any atom is -0.355 e. The van der Waals surface area contributed by atoms with Crippen LogP contribution in [0, 0.1) is 13.8 Å². The van der Waals surface area contributed by atoms with Crippen molar-refractivity contribution in [3.8, 4) is 0 Å². The molecule has 0 spiro atoms. The molecule has 0 radical (unpaired) electrons. The summed E-state index contributed by atoms with van der Waals surface area (Å²) in [7, 11) is -3.62. The Morgan fingerprint density at radius 1 is 0.950 bits per heavy atom. The molecule has 1 N–H and O–H groups in total. The highest BCUT2D eigenvalue weighted by molar-refractivity contribution is 7.92. The van der Waals surface area contributed by atoms with Crippen molar-refractivity contribution in [1.29, 1.82) is 0 Å². The summed E-state index contributed by atoms with van der Waals surface area (Å²) in [6, 6.07) is 21.9. The molecule has 0 aliphatic rings. The number of benzene rings is 3. The van der Waals surface area contributed by atoms with Crippen molar-refractivity contribution >= 4 is 39.1 Å². The second kappa shape index (κ2) is 14.3. The number of sulfonamides is 1. The lowest BCUT2D eigenvalue weighted by atomic mass is 10.0. The molecule has 40 heavy (non-hydrogen) atoms. The number of amides is 2. The van der Waals surface area contributed by atoms with E-state index in [9.17, 15) is 18.0 Å². The van der Waals surface area contributed by atoms with Crippen molar-refractivity contribution in [2.45, 2.75) is 52.6 Å². The molecule has 0 aromatic heterocycles. The molecule has 0 saturated heterocycles. The Bertz CT molecular complexity index is 1400. The van der Waals surface area contributed by atoms with Crippen LogP contribution in [-0.2, 0) is 32.6 Å². The molecule has 3 aromatic rings. The van der Waals surface area contributed by atoms with Gasteiger partial charge in [-0.25, -0.2) is 8.42 Å². The summed E-state index contributed by atoms with van der Waals surface area (Å²) in [5, 5.41) is 3.32. The predicted molar refractivity (Wildman–Crippen MR) is 162 cm³/mol. The zero-order valence-electron chi connectivity index (χ0n) is 23.6. The molecule has 0 saturated carbocycles. The largest absolute Gasteiger partial charge is 0.355 e. The molecule has 0 fully saturated rings. The van der Waals surface area contributed by atoms with Gasteiger partial charge in [0.2, 0.25) is 21.8 Å². The first-order valence-corrected chi connectivity index (χ1v) is 15.6. The number of carbonyl (C=O) groups is 2. The average molecular weight is 584 g/mol. The second-order valence-electron chi connectivity index (χ2n) is 9.98. The molecule has 0 unspecified atom stereocenters. The number of hydrogen-bond acceptors (Lipinski definition) is 4. The fourth-order valence-corrected chi connectivity index (χ4v) is 5.75. The third-order valence-electron chi connectivity index (χ3n) is 6.69. The van der Waals surface area contributed by atoms with Crippen molar-refractivity contribution < 1.29 is 18.0 Å². The van der Waals surface area contributed by atoms with Crippen LogP contribution in [0.1, 0.15) is 42.0 Å². The Hall–Kier alpha value is -3.36. The molecule has 214 valence electrons. The maximum atomic E-state index is 13.8. The van der Waals surface area contributed by atoms with Gasteiger partial charge in [0, 0.05) is 37.5 Å². The van der Waals surface area contributed by atoms with Crippen LogP contribution in [-0.4, -0.2) is 50.5 Å². The molecule has 0 aliphatic heterocycles. The molecule has 0 aliphatic carbocycles. The second-order valence-corrected chi connectivity index (χ2v) is 12.3. The maximum Gasteiger partial charge on any atom is 0.243 e. The molecular formula is C31H38ClN3O4S. The normalized spacial score (nSPS) is 12.0. The van der Waals surface area contributed by atoms with Gasteiger partial charge in [0.25, 0.3) is 0 Å². The Morgan fingerprint density at radius 3 is 2.25 bits per heavy atom. The van der Waals surface area contributed by atoms with Crippen LogP contribution in [0.15, 0.2) is 72.8 Å². The van der Waals surface area contributed by atoms with Crippen LogP contribution in [0.5, 0.6) is 0 Å². The van der Waals surface area contributed by atoms with E-state index in [0.717, 1.165) is 28.5 Å². The summed E-state index contributed by atoms with van der Waals surface area (Å²) in [5.74, 6) is -0.442. The summed E-state index contributed by atoms with van der Waals surface area (Å²) >= 11 is 6.16. The first kappa shape index (κ1) is 31.2. The average Bonchev–Trinajstić information content (AvgIpc) is 2.91. The third-order valence-corrected chi connectivity index (χ3v) is 8.10. The van der Waals surface area contributed by atoms with Crippen LogP contribution < -0.4 is 9.62 Å². The Balaban J connectivity index is 1.87. The van der Waals surface area contributed by atoms with Crippen molar-refractivity contribution in [3.63, 3.8) is 0 Å². The van der Waals surface area contributed by atoms with Gasteiger partial charge in [-0.1, -0.05) is 77.8 Å². The van der Waals surface area contributed by atoms with Gasteiger partial charge in [0.1, 0.15) is 6.04 Å². The topological polar surface area (TPSA) is 86.8 Å². The number of carbonyl (C=O) groups excluding carboxylic acids is 2. The lowest BCUT2D eigenvalue weighted by molar-refractivity contribution is -0.141. The fourth-order valence-electron chi connectivity index (χ4n) is 4.57. The smallest absolute Gasteiger partial charge is 0.243 e. The molecule has 1 atom stereocenters. The maximum absolute atomic E-state index is 13.8. The summed E-state index contributed by atoms with van der Waals surface area (Å²) in [4.78, 5) is 28.7. The number of nitrogens with one attached hydrogen (secondary N) is 1. The van der Waals surface area contributed by atoms with E-state index in [4.69, 9.17) is 11.6 Å². The molecule has 7 nitrogen and oxygen atoms in total. The molecule has 0 heterocycles. The summed E-state index contributed by atoms with van der Waals surface area (Å²) in [6.45, 7) is 6.47. The van der Waals surface area contributed by atoms with E-state index in [1.165, 1.54) is 4.31 Å². The van der Waals surface area contributed by atoms with Gasteiger partial charge in [0.05, 0.1) is 11.9 Å². The minimum atomic E-state index is -3.62. The lowest BCUT2D eigenvalue weighted by Gasteiger charge is -2.32. The zero-order valence-corrected chi connectivity index (χ0v) is 25.1. The number of halogens is 1. The van der Waals surface area contributed by atoms with Gasteiger partial charge < -0.3 is 10.2 Å². The number of nitrogens with zero attached hydrogens (tertiary/aromatic N) is 2. The first-order valence-electron chi connectivity index (χ1n) is 13.4. The Morgan fingerprint density at radius 2 is 1.62 bits per heavy atom. The molecule has 3 rings (SSSR count). The molecular weight excluding hydrogens is 546 g/mol. The van der Waals surface area contributed by atoms with Gasteiger partial charge in [-0.15, -0.1) is 0 Å². The monoisotopic (exact) mass is 583 g/mol. The molecule has 9 heteroatoms. The number of aryl methyl sites for hydroxylation is 2. The minimum absolute atomic E-state index is 0.0716. The standard InChI is InChI=1S/C31H38ClN3O4S/c1-5-33-31(37)29(20-25-10-7-6-8-11-25)34(22-26-16-13-23(2)14-17-26)30(36)12-9-19-35(40(4,38)39)28-21-27(32)18-15-24(28)3/h6-8,10-11,13-18,21,29H,5,9,12,19-20,22H2,1-4H3,(H,33,37)/t29-/m0/s1. The fraction of sp³-hybridized carbons (Fsp3) is 0.355. The number of hydrogen-bond donors (Lipinski definition) is 1. The highest BCUT2D eigenvalue weighted by Gasteiger charge is 2.30. The quantitative estimate of drug-likeness (QED) is 0.297. The van der Waals surface area contributed by atoms with E-state index in [-0.39, 0.29) is 37.7 Å². The van der Waals surface area contributed by atoms with E-state index in [2.05, 4.69) is 5.32 Å². The van der Waals surface area contributed by atoms with Crippen LogP contribution in [0.25, 0.3) is 0 Å². The lowest BCUT2D eigenvalue weighted by Crippen LogP contribution is -2.50. The molecule has 0 bridgehead atoms. The van der Waals surface area contributed by atoms with Crippen molar-refractivity contribution in [1.82, 2.24) is 10.2 Å². The van der Waals surface area contributed by atoms with Crippen molar-refractivity contribution in [3.05, 3.63) is 100 Å².